The Morgan fingerprint density at radius 2 is 2.08 bits per heavy atom. The van der Waals surface area contributed by atoms with Crippen molar-refractivity contribution < 1.29 is 0 Å². The van der Waals surface area contributed by atoms with Crippen LogP contribution in [0.15, 0.2) is 12.5 Å². The minimum absolute atomic E-state index is 0.736. The van der Waals surface area contributed by atoms with Gasteiger partial charge in [0.05, 0.1) is 12.0 Å². The summed E-state index contributed by atoms with van der Waals surface area (Å²) in [5.74, 6) is 0. The van der Waals surface area contributed by atoms with Gasteiger partial charge in [-0.3, -0.25) is 0 Å². The first-order valence-electron chi connectivity index (χ1n) is 4.86. The van der Waals surface area contributed by atoms with Gasteiger partial charge >= 0.3 is 0 Å². The molecule has 1 heterocycles. The lowest BCUT2D eigenvalue weighted by atomic mass is 9.95. The minimum Gasteiger partial charge on any atom is -0.334 e. The standard InChI is InChI=1S/C10H16N2/c1-9-7-12(8-11-9)10-5-3-2-4-6-10/h7-8,10H,2-6H2,1H3. The van der Waals surface area contributed by atoms with Gasteiger partial charge in [-0.1, -0.05) is 19.3 Å². The summed E-state index contributed by atoms with van der Waals surface area (Å²) in [6.07, 6.45) is 11.0. The molecule has 0 unspecified atom stereocenters. The van der Waals surface area contributed by atoms with Gasteiger partial charge in [0.2, 0.25) is 0 Å². The predicted molar refractivity (Wildman–Crippen MR) is 49.1 cm³/mol. The largest absolute Gasteiger partial charge is 0.334 e. The van der Waals surface area contributed by atoms with Gasteiger partial charge in [-0.15, -0.1) is 0 Å². The molecule has 1 fully saturated rings. The average Bonchev–Trinajstić information content (AvgIpc) is 2.54. The summed E-state index contributed by atoms with van der Waals surface area (Å²) in [5, 5.41) is 0. The summed E-state index contributed by atoms with van der Waals surface area (Å²) in [5.41, 5.74) is 1.14. The first-order chi connectivity index (χ1) is 5.86. The van der Waals surface area contributed by atoms with Gasteiger partial charge in [-0.05, 0) is 19.8 Å². The van der Waals surface area contributed by atoms with Gasteiger partial charge in [0.25, 0.3) is 0 Å². The van der Waals surface area contributed by atoms with Crippen LogP contribution in [0.4, 0.5) is 0 Å². The molecule has 0 amide bonds. The Morgan fingerprint density at radius 3 is 2.67 bits per heavy atom. The van der Waals surface area contributed by atoms with Gasteiger partial charge in [-0.25, -0.2) is 4.98 Å². The Kier molecular flexibility index (Phi) is 2.15. The van der Waals surface area contributed by atoms with Gasteiger partial charge in [-0.2, -0.15) is 0 Å². The zero-order valence-electron chi connectivity index (χ0n) is 7.66. The molecule has 0 radical (unpaired) electrons. The number of aryl methyl sites for hydroxylation is 1. The maximum atomic E-state index is 4.25. The number of nitrogens with zero attached hydrogens (tertiary/aromatic N) is 2. The van der Waals surface area contributed by atoms with Crippen molar-refractivity contribution in [2.45, 2.75) is 45.1 Å². The highest BCUT2D eigenvalue weighted by Crippen LogP contribution is 2.27. The van der Waals surface area contributed by atoms with Crippen molar-refractivity contribution in [3.05, 3.63) is 18.2 Å². The van der Waals surface area contributed by atoms with E-state index in [2.05, 4.69) is 22.7 Å². The van der Waals surface area contributed by atoms with Crippen LogP contribution in [0, 0.1) is 6.92 Å². The Labute approximate surface area is 73.6 Å². The number of aromatic nitrogens is 2. The molecule has 0 N–H and O–H groups in total. The van der Waals surface area contributed by atoms with E-state index in [1.54, 1.807) is 0 Å². The normalized spacial score (nSPS) is 19.8. The monoisotopic (exact) mass is 164 g/mol. The third-order valence-electron chi connectivity index (χ3n) is 2.73. The molecule has 1 aliphatic rings. The maximum Gasteiger partial charge on any atom is 0.0951 e. The Hall–Kier alpha value is -0.790. The molecule has 0 bridgehead atoms. The first-order valence-corrected chi connectivity index (χ1v) is 4.86. The molecule has 1 aromatic heterocycles. The second-order valence-corrected chi connectivity index (χ2v) is 3.75. The Morgan fingerprint density at radius 1 is 1.33 bits per heavy atom. The number of hydrogen-bond donors (Lipinski definition) is 0. The molecule has 1 aliphatic carbocycles. The van der Waals surface area contributed by atoms with Crippen LogP contribution in [-0.4, -0.2) is 9.55 Å². The van der Waals surface area contributed by atoms with E-state index in [0.29, 0.717) is 0 Å². The number of rotatable bonds is 1. The summed E-state index contributed by atoms with van der Waals surface area (Å²) in [4.78, 5) is 4.25. The quantitative estimate of drug-likeness (QED) is 0.624. The van der Waals surface area contributed by atoms with Crippen molar-refractivity contribution in [2.75, 3.05) is 0 Å². The SMILES string of the molecule is Cc1cn(C2CCCCC2)cn1. The van der Waals surface area contributed by atoms with Crippen molar-refractivity contribution in [2.24, 2.45) is 0 Å². The van der Waals surface area contributed by atoms with Crippen molar-refractivity contribution in [3.8, 4) is 0 Å². The van der Waals surface area contributed by atoms with Crippen molar-refractivity contribution >= 4 is 0 Å². The highest BCUT2D eigenvalue weighted by molar-refractivity contribution is 4.94. The fourth-order valence-electron chi connectivity index (χ4n) is 2.02. The van der Waals surface area contributed by atoms with Crippen LogP contribution >= 0.6 is 0 Å². The van der Waals surface area contributed by atoms with Crippen LogP contribution in [0.1, 0.15) is 43.8 Å². The minimum atomic E-state index is 0.736. The summed E-state index contributed by atoms with van der Waals surface area (Å²) < 4.78 is 2.29. The van der Waals surface area contributed by atoms with Gasteiger partial charge in [0.15, 0.2) is 0 Å². The van der Waals surface area contributed by atoms with E-state index in [0.717, 1.165) is 11.7 Å². The van der Waals surface area contributed by atoms with E-state index in [-0.39, 0.29) is 0 Å². The summed E-state index contributed by atoms with van der Waals surface area (Å²) in [6, 6.07) is 0.736. The third kappa shape index (κ3) is 1.52. The molecule has 0 aliphatic heterocycles. The predicted octanol–water partition coefficient (Wildman–Crippen LogP) is 2.70. The maximum absolute atomic E-state index is 4.25. The second kappa shape index (κ2) is 3.30. The molecule has 12 heavy (non-hydrogen) atoms. The summed E-state index contributed by atoms with van der Waals surface area (Å²) in [7, 11) is 0. The van der Waals surface area contributed by atoms with Crippen molar-refractivity contribution in [3.63, 3.8) is 0 Å². The van der Waals surface area contributed by atoms with E-state index >= 15 is 0 Å². The lowest BCUT2D eigenvalue weighted by Crippen LogP contribution is -2.10. The third-order valence-corrected chi connectivity index (χ3v) is 2.73. The van der Waals surface area contributed by atoms with E-state index in [4.69, 9.17) is 0 Å². The van der Waals surface area contributed by atoms with E-state index in [1.165, 1.54) is 32.1 Å². The topological polar surface area (TPSA) is 17.8 Å². The van der Waals surface area contributed by atoms with Gasteiger partial charge < -0.3 is 4.57 Å². The molecule has 2 nitrogen and oxygen atoms in total. The Bertz CT molecular complexity index is 246. The second-order valence-electron chi connectivity index (χ2n) is 3.75. The van der Waals surface area contributed by atoms with Crippen molar-refractivity contribution in [1.29, 1.82) is 0 Å². The van der Waals surface area contributed by atoms with Crippen LogP contribution in [-0.2, 0) is 0 Å². The van der Waals surface area contributed by atoms with E-state index in [9.17, 15) is 0 Å². The summed E-state index contributed by atoms with van der Waals surface area (Å²) >= 11 is 0. The van der Waals surface area contributed by atoms with Crippen LogP contribution in [0.2, 0.25) is 0 Å². The smallest absolute Gasteiger partial charge is 0.0951 e. The first kappa shape index (κ1) is 7.84. The Balaban J connectivity index is 2.08. The zero-order chi connectivity index (χ0) is 8.39. The lowest BCUT2D eigenvalue weighted by molar-refractivity contribution is 0.353. The molecule has 0 saturated heterocycles. The molecule has 1 saturated carbocycles. The zero-order valence-corrected chi connectivity index (χ0v) is 7.66. The van der Waals surface area contributed by atoms with Gasteiger partial charge in [0, 0.05) is 12.2 Å². The fraction of sp³-hybridized carbons (Fsp3) is 0.700. The molecule has 0 aromatic carbocycles. The molecule has 0 spiro atoms. The van der Waals surface area contributed by atoms with Crippen molar-refractivity contribution in [1.82, 2.24) is 9.55 Å². The number of imidazole rings is 1. The highest BCUT2D eigenvalue weighted by Gasteiger charge is 2.14. The van der Waals surface area contributed by atoms with E-state index < -0.39 is 0 Å². The molecule has 0 atom stereocenters. The lowest BCUT2D eigenvalue weighted by Gasteiger charge is -2.22. The van der Waals surface area contributed by atoms with Crippen LogP contribution in [0.5, 0.6) is 0 Å². The van der Waals surface area contributed by atoms with Gasteiger partial charge in [0.1, 0.15) is 0 Å². The average molecular weight is 164 g/mol. The molecular weight excluding hydrogens is 148 g/mol. The molecule has 66 valence electrons. The fourth-order valence-corrected chi connectivity index (χ4v) is 2.02. The number of hydrogen-bond acceptors (Lipinski definition) is 1. The highest BCUT2D eigenvalue weighted by atomic mass is 15.1. The summed E-state index contributed by atoms with van der Waals surface area (Å²) in [6.45, 7) is 2.05. The van der Waals surface area contributed by atoms with Crippen LogP contribution < -0.4 is 0 Å². The molecular formula is C10H16N2. The molecule has 1 aromatic rings. The van der Waals surface area contributed by atoms with Crippen LogP contribution in [0.3, 0.4) is 0 Å². The van der Waals surface area contributed by atoms with E-state index in [1.807, 2.05) is 6.33 Å². The molecule has 2 heteroatoms. The van der Waals surface area contributed by atoms with Crippen LogP contribution in [0.25, 0.3) is 0 Å². The molecule has 2 rings (SSSR count).